The van der Waals surface area contributed by atoms with Crippen molar-refractivity contribution in [1.82, 2.24) is 0 Å². The molecule has 0 unspecified atom stereocenters. The number of ether oxygens (including phenoxy) is 2. The monoisotopic (exact) mass is 297 g/mol. The van der Waals surface area contributed by atoms with Crippen LogP contribution in [-0.4, -0.2) is 19.4 Å². The number of nitrogens with zero attached hydrogens (tertiary/aromatic N) is 1. The molecule has 2 rings (SSSR count). The zero-order chi connectivity index (χ0) is 15.6. The average molecular weight is 297 g/mol. The van der Waals surface area contributed by atoms with Crippen molar-refractivity contribution in [3.8, 4) is 11.5 Å². The summed E-state index contributed by atoms with van der Waals surface area (Å²) in [6, 6.07) is 15.7. The molecule has 0 saturated heterocycles. The van der Waals surface area contributed by atoms with E-state index >= 15 is 0 Å². The van der Waals surface area contributed by atoms with E-state index in [-0.39, 0.29) is 0 Å². The Morgan fingerprint density at radius 3 is 2.45 bits per heavy atom. The normalized spacial score (nSPS) is 10.8. The largest absolute Gasteiger partial charge is 0.494 e. The summed E-state index contributed by atoms with van der Waals surface area (Å²) in [5.74, 6) is 1.75. The molecule has 0 saturated carbocycles. The van der Waals surface area contributed by atoms with E-state index in [9.17, 15) is 0 Å². The lowest BCUT2D eigenvalue weighted by Crippen LogP contribution is -1.96. The zero-order valence-corrected chi connectivity index (χ0v) is 13.3. The van der Waals surface area contributed by atoms with E-state index in [1.807, 2.05) is 61.7 Å². The van der Waals surface area contributed by atoms with Gasteiger partial charge in [0.15, 0.2) is 0 Å². The van der Waals surface area contributed by atoms with Crippen LogP contribution in [0.4, 0.5) is 5.69 Å². The second-order valence-corrected chi connectivity index (χ2v) is 4.92. The fourth-order valence-corrected chi connectivity index (χ4v) is 1.98. The molecule has 116 valence electrons. The van der Waals surface area contributed by atoms with Crippen LogP contribution in [0.25, 0.3) is 0 Å². The lowest BCUT2D eigenvalue weighted by atomic mass is 10.2. The summed E-state index contributed by atoms with van der Waals surface area (Å²) in [7, 11) is 0. The number of unbranched alkanes of at least 4 members (excludes halogenated alkanes) is 1. The molecule has 2 aromatic carbocycles. The van der Waals surface area contributed by atoms with Crippen LogP contribution in [0.1, 0.15) is 32.3 Å². The van der Waals surface area contributed by atoms with E-state index in [1.54, 1.807) is 0 Å². The van der Waals surface area contributed by atoms with Gasteiger partial charge in [-0.15, -0.1) is 0 Å². The highest BCUT2D eigenvalue weighted by atomic mass is 16.5. The number of rotatable bonds is 8. The van der Waals surface area contributed by atoms with Gasteiger partial charge in [0.25, 0.3) is 0 Å². The maximum atomic E-state index is 5.64. The highest BCUT2D eigenvalue weighted by Crippen LogP contribution is 2.20. The Morgan fingerprint density at radius 2 is 1.73 bits per heavy atom. The molecule has 2 aromatic rings. The van der Waals surface area contributed by atoms with Crippen LogP contribution in [0.5, 0.6) is 11.5 Å². The standard InChI is InChI=1S/C19H23NO2/c1-3-5-14-22-18-12-10-17(11-13-18)20-15-16-8-6-7-9-19(16)21-4-2/h6-13,15H,3-5,14H2,1-2H3/b20-15-. The van der Waals surface area contributed by atoms with Crippen molar-refractivity contribution in [3.63, 3.8) is 0 Å². The Bertz CT molecular complexity index is 591. The summed E-state index contributed by atoms with van der Waals surface area (Å²) >= 11 is 0. The van der Waals surface area contributed by atoms with Crippen LogP contribution in [0.2, 0.25) is 0 Å². The Morgan fingerprint density at radius 1 is 0.955 bits per heavy atom. The van der Waals surface area contributed by atoms with E-state index in [0.717, 1.165) is 42.2 Å². The molecular weight excluding hydrogens is 274 g/mol. The van der Waals surface area contributed by atoms with Gasteiger partial charge in [-0.3, -0.25) is 4.99 Å². The first kappa shape index (κ1) is 16.1. The van der Waals surface area contributed by atoms with Crippen molar-refractivity contribution in [2.45, 2.75) is 26.7 Å². The number of hydrogen-bond acceptors (Lipinski definition) is 3. The quantitative estimate of drug-likeness (QED) is 0.506. The minimum absolute atomic E-state index is 0.647. The SMILES string of the molecule is CCCCOc1ccc(/N=C\c2ccccc2OCC)cc1. The second kappa shape index (κ2) is 8.88. The van der Waals surface area contributed by atoms with Gasteiger partial charge in [-0.25, -0.2) is 0 Å². The Kier molecular flexibility index (Phi) is 6.49. The molecule has 22 heavy (non-hydrogen) atoms. The summed E-state index contributed by atoms with van der Waals surface area (Å²) in [6.07, 6.45) is 4.05. The second-order valence-electron chi connectivity index (χ2n) is 4.92. The highest BCUT2D eigenvalue weighted by molar-refractivity contribution is 5.85. The smallest absolute Gasteiger partial charge is 0.128 e. The van der Waals surface area contributed by atoms with Gasteiger partial charge in [0, 0.05) is 11.8 Å². The molecule has 0 aromatic heterocycles. The molecule has 0 spiro atoms. The molecule has 0 radical (unpaired) electrons. The topological polar surface area (TPSA) is 30.8 Å². The van der Waals surface area contributed by atoms with Gasteiger partial charge in [0.2, 0.25) is 0 Å². The molecule has 0 bridgehead atoms. The molecule has 0 aliphatic carbocycles. The van der Waals surface area contributed by atoms with Crippen molar-refractivity contribution in [2.75, 3.05) is 13.2 Å². The fourth-order valence-electron chi connectivity index (χ4n) is 1.98. The molecule has 3 heteroatoms. The molecule has 0 aliphatic heterocycles. The van der Waals surface area contributed by atoms with Crippen LogP contribution >= 0.6 is 0 Å². The van der Waals surface area contributed by atoms with Crippen molar-refractivity contribution >= 4 is 11.9 Å². The molecule has 0 amide bonds. The number of benzene rings is 2. The molecule has 0 aliphatic rings. The van der Waals surface area contributed by atoms with Crippen LogP contribution < -0.4 is 9.47 Å². The van der Waals surface area contributed by atoms with Crippen molar-refractivity contribution in [1.29, 1.82) is 0 Å². The minimum Gasteiger partial charge on any atom is -0.494 e. The lowest BCUT2D eigenvalue weighted by molar-refractivity contribution is 0.309. The minimum atomic E-state index is 0.647. The lowest BCUT2D eigenvalue weighted by Gasteiger charge is -2.06. The van der Waals surface area contributed by atoms with E-state index in [1.165, 1.54) is 0 Å². The molecular formula is C19H23NO2. The van der Waals surface area contributed by atoms with Gasteiger partial charge >= 0.3 is 0 Å². The maximum absolute atomic E-state index is 5.64. The molecule has 3 nitrogen and oxygen atoms in total. The van der Waals surface area contributed by atoms with Gasteiger partial charge in [-0.2, -0.15) is 0 Å². The third-order valence-corrected chi connectivity index (χ3v) is 3.17. The first-order valence-corrected chi connectivity index (χ1v) is 7.82. The predicted octanol–water partition coefficient (Wildman–Crippen LogP) is 5.01. The van der Waals surface area contributed by atoms with Gasteiger partial charge in [0.1, 0.15) is 11.5 Å². The predicted molar refractivity (Wildman–Crippen MR) is 91.7 cm³/mol. The van der Waals surface area contributed by atoms with Gasteiger partial charge in [-0.05, 0) is 49.7 Å². The number of aliphatic imine (C=N–C) groups is 1. The van der Waals surface area contributed by atoms with E-state index < -0.39 is 0 Å². The molecule has 0 fully saturated rings. The van der Waals surface area contributed by atoms with Crippen LogP contribution in [0, 0.1) is 0 Å². The van der Waals surface area contributed by atoms with Crippen LogP contribution in [-0.2, 0) is 0 Å². The molecule has 0 heterocycles. The van der Waals surface area contributed by atoms with Gasteiger partial charge in [0.05, 0.1) is 18.9 Å². The third-order valence-electron chi connectivity index (χ3n) is 3.17. The third kappa shape index (κ3) is 4.92. The molecule has 0 atom stereocenters. The average Bonchev–Trinajstić information content (AvgIpc) is 2.56. The summed E-state index contributed by atoms with van der Waals surface area (Å²) < 4.78 is 11.2. The summed E-state index contributed by atoms with van der Waals surface area (Å²) in [5, 5.41) is 0. The highest BCUT2D eigenvalue weighted by Gasteiger charge is 1.99. The Balaban J connectivity index is 2.01. The Labute approximate surface area is 132 Å². The Hall–Kier alpha value is -2.29. The first-order valence-electron chi connectivity index (χ1n) is 7.82. The zero-order valence-electron chi connectivity index (χ0n) is 13.3. The van der Waals surface area contributed by atoms with Crippen LogP contribution in [0.3, 0.4) is 0 Å². The van der Waals surface area contributed by atoms with Crippen molar-refractivity contribution in [2.24, 2.45) is 4.99 Å². The fraction of sp³-hybridized carbons (Fsp3) is 0.316. The number of para-hydroxylation sites is 1. The van der Waals surface area contributed by atoms with Crippen molar-refractivity contribution in [3.05, 3.63) is 54.1 Å². The number of hydrogen-bond donors (Lipinski definition) is 0. The van der Waals surface area contributed by atoms with Gasteiger partial charge in [-0.1, -0.05) is 25.5 Å². The van der Waals surface area contributed by atoms with E-state index in [0.29, 0.717) is 6.61 Å². The van der Waals surface area contributed by atoms with Crippen LogP contribution in [0.15, 0.2) is 53.5 Å². The molecule has 0 N–H and O–H groups in total. The summed E-state index contributed by atoms with van der Waals surface area (Å²) in [4.78, 5) is 4.50. The van der Waals surface area contributed by atoms with Crippen molar-refractivity contribution < 1.29 is 9.47 Å². The first-order chi connectivity index (χ1) is 10.8. The van der Waals surface area contributed by atoms with E-state index in [2.05, 4.69) is 11.9 Å². The maximum Gasteiger partial charge on any atom is 0.128 e. The summed E-state index contributed by atoms with van der Waals surface area (Å²) in [5.41, 5.74) is 1.88. The van der Waals surface area contributed by atoms with Gasteiger partial charge < -0.3 is 9.47 Å². The summed E-state index contributed by atoms with van der Waals surface area (Å²) in [6.45, 7) is 5.54. The van der Waals surface area contributed by atoms with E-state index in [4.69, 9.17) is 9.47 Å².